The summed E-state index contributed by atoms with van der Waals surface area (Å²) in [5.74, 6) is 5.04. The van der Waals surface area contributed by atoms with Crippen LogP contribution in [0.5, 0.6) is 0 Å². The minimum Gasteiger partial charge on any atom is -0.375 e. The number of hydrogen-bond acceptors (Lipinski definition) is 5. The molecule has 1 aromatic heterocycles. The predicted octanol–water partition coefficient (Wildman–Crippen LogP) is 1.17. The van der Waals surface area contributed by atoms with Gasteiger partial charge in [0.15, 0.2) is 5.13 Å². The van der Waals surface area contributed by atoms with Crippen molar-refractivity contribution < 1.29 is 0 Å². The van der Waals surface area contributed by atoms with E-state index in [9.17, 15) is 0 Å². The summed E-state index contributed by atoms with van der Waals surface area (Å²) in [6, 6.07) is 5.76. The van der Waals surface area contributed by atoms with Crippen molar-refractivity contribution in [2.75, 3.05) is 5.73 Å². The molecule has 0 bridgehead atoms. The number of aromatic nitrogens is 1. The van der Waals surface area contributed by atoms with Gasteiger partial charge in [-0.05, 0) is 17.7 Å². The van der Waals surface area contributed by atoms with Gasteiger partial charge in [0.1, 0.15) is 0 Å². The Kier molecular flexibility index (Phi) is 1.86. The molecule has 4 N–H and O–H groups in total. The first-order valence-corrected chi connectivity index (χ1v) is 4.50. The van der Waals surface area contributed by atoms with Gasteiger partial charge in [-0.3, -0.25) is 0 Å². The molecule has 4 nitrogen and oxygen atoms in total. The number of nitrogens with zero attached hydrogens (tertiary/aromatic N) is 2. The molecule has 0 spiro atoms. The van der Waals surface area contributed by atoms with Gasteiger partial charge in [0, 0.05) is 0 Å². The first kappa shape index (κ1) is 8.00. The fraction of sp³-hybridized carbons (Fsp3) is 0. The van der Waals surface area contributed by atoms with E-state index in [1.54, 1.807) is 6.21 Å². The van der Waals surface area contributed by atoms with Crippen LogP contribution in [0, 0.1) is 0 Å². The minimum absolute atomic E-state index is 0.580. The van der Waals surface area contributed by atoms with Crippen molar-refractivity contribution in [2.45, 2.75) is 0 Å². The Hall–Kier alpha value is -1.62. The van der Waals surface area contributed by atoms with Crippen LogP contribution in [0.15, 0.2) is 23.3 Å². The second kappa shape index (κ2) is 3.02. The molecule has 2 aromatic rings. The quantitative estimate of drug-likeness (QED) is 0.404. The minimum atomic E-state index is 0.580. The predicted molar refractivity (Wildman–Crippen MR) is 55.8 cm³/mol. The highest BCUT2D eigenvalue weighted by molar-refractivity contribution is 7.22. The Morgan fingerprint density at radius 1 is 1.46 bits per heavy atom. The molecule has 0 saturated carbocycles. The van der Waals surface area contributed by atoms with Crippen LogP contribution in [0.4, 0.5) is 5.13 Å². The molecule has 5 heteroatoms. The molecule has 0 fully saturated rings. The third kappa shape index (κ3) is 1.46. The van der Waals surface area contributed by atoms with Gasteiger partial charge in [0.2, 0.25) is 0 Å². The van der Waals surface area contributed by atoms with Crippen LogP contribution in [-0.4, -0.2) is 11.2 Å². The van der Waals surface area contributed by atoms with E-state index in [4.69, 9.17) is 11.6 Å². The highest BCUT2D eigenvalue weighted by Crippen LogP contribution is 2.23. The maximum absolute atomic E-state index is 5.56. The molecule has 1 heterocycles. The lowest BCUT2D eigenvalue weighted by molar-refractivity contribution is 1.26. The average molecular weight is 192 g/mol. The summed E-state index contributed by atoms with van der Waals surface area (Å²) in [6.45, 7) is 0. The maximum atomic E-state index is 5.56. The monoisotopic (exact) mass is 192 g/mol. The van der Waals surface area contributed by atoms with Gasteiger partial charge >= 0.3 is 0 Å². The van der Waals surface area contributed by atoms with Crippen LogP contribution in [0.25, 0.3) is 10.2 Å². The number of fused-ring (bicyclic) bond motifs is 1. The number of rotatable bonds is 1. The summed E-state index contributed by atoms with van der Waals surface area (Å²) in [5.41, 5.74) is 7.43. The lowest BCUT2D eigenvalue weighted by atomic mass is 10.2. The zero-order valence-electron chi connectivity index (χ0n) is 6.77. The van der Waals surface area contributed by atoms with E-state index in [1.807, 2.05) is 18.2 Å². The lowest BCUT2D eigenvalue weighted by Crippen LogP contribution is -1.85. The van der Waals surface area contributed by atoms with E-state index < -0.39 is 0 Å². The molecule has 0 saturated heterocycles. The van der Waals surface area contributed by atoms with E-state index in [2.05, 4.69) is 10.1 Å². The fourth-order valence-corrected chi connectivity index (χ4v) is 1.91. The van der Waals surface area contributed by atoms with Crippen LogP contribution >= 0.6 is 11.3 Å². The van der Waals surface area contributed by atoms with Crippen LogP contribution in [0.2, 0.25) is 0 Å². The largest absolute Gasteiger partial charge is 0.375 e. The summed E-state index contributed by atoms with van der Waals surface area (Å²) in [5, 5.41) is 4.03. The molecule has 0 aliphatic rings. The Labute approximate surface area is 78.9 Å². The number of benzene rings is 1. The number of anilines is 1. The average Bonchev–Trinajstić information content (AvgIpc) is 2.44. The van der Waals surface area contributed by atoms with E-state index in [-0.39, 0.29) is 0 Å². The zero-order valence-corrected chi connectivity index (χ0v) is 7.58. The first-order valence-electron chi connectivity index (χ1n) is 3.69. The molecule has 0 aliphatic carbocycles. The standard InChI is InChI=1S/C8H8N4S/c9-8-12-6-2-1-5(4-11-10)3-7(6)13-8/h1-4H,10H2,(H2,9,12). The van der Waals surface area contributed by atoms with Crippen molar-refractivity contribution in [3.05, 3.63) is 23.8 Å². The van der Waals surface area contributed by atoms with E-state index in [1.165, 1.54) is 11.3 Å². The molecule has 0 aliphatic heterocycles. The summed E-state index contributed by atoms with van der Waals surface area (Å²) in [4.78, 5) is 4.13. The molecular weight excluding hydrogens is 184 g/mol. The second-order valence-corrected chi connectivity index (χ2v) is 3.62. The topological polar surface area (TPSA) is 77.3 Å². The van der Waals surface area contributed by atoms with E-state index in [0.29, 0.717) is 5.13 Å². The summed E-state index contributed by atoms with van der Waals surface area (Å²) in [6.07, 6.45) is 1.59. The normalized spacial score (nSPS) is 11.4. The van der Waals surface area contributed by atoms with Crippen LogP contribution in [0.1, 0.15) is 5.56 Å². The van der Waals surface area contributed by atoms with Gasteiger partial charge in [-0.25, -0.2) is 4.98 Å². The fourth-order valence-electron chi connectivity index (χ4n) is 1.13. The zero-order chi connectivity index (χ0) is 9.26. The Morgan fingerprint density at radius 3 is 3.08 bits per heavy atom. The summed E-state index contributed by atoms with van der Waals surface area (Å²) in [7, 11) is 0. The third-order valence-electron chi connectivity index (χ3n) is 1.65. The van der Waals surface area contributed by atoms with Crippen molar-refractivity contribution >= 4 is 32.9 Å². The van der Waals surface area contributed by atoms with Crippen LogP contribution in [-0.2, 0) is 0 Å². The molecular formula is C8H8N4S. The second-order valence-electron chi connectivity index (χ2n) is 2.56. The van der Waals surface area contributed by atoms with E-state index >= 15 is 0 Å². The lowest BCUT2D eigenvalue weighted by Gasteiger charge is -1.90. The molecule has 13 heavy (non-hydrogen) atoms. The SMILES string of the molecule is NN=Cc1ccc2nc(N)sc2c1. The van der Waals surface area contributed by atoms with Crippen molar-refractivity contribution in [2.24, 2.45) is 10.9 Å². The van der Waals surface area contributed by atoms with Crippen molar-refractivity contribution in [3.63, 3.8) is 0 Å². The molecule has 0 unspecified atom stereocenters. The summed E-state index contributed by atoms with van der Waals surface area (Å²) < 4.78 is 1.05. The van der Waals surface area contributed by atoms with Gasteiger partial charge < -0.3 is 11.6 Å². The Morgan fingerprint density at radius 2 is 2.31 bits per heavy atom. The third-order valence-corrected chi connectivity index (χ3v) is 2.50. The van der Waals surface area contributed by atoms with Gasteiger partial charge in [0.05, 0.1) is 16.4 Å². The van der Waals surface area contributed by atoms with Crippen LogP contribution in [0.3, 0.4) is 0 Å². The first-order chi connectivity index (χ1) is 6.29. The summed E-state index contributed by atoms with van der Waals surface area (Å²) >= 11 is 1.46. The highest BCUT2D eigenvalue weighted by Gasteiger charge is 2.00. The van der Waals surface area contributed by atoms with Crippen molar-refractivity contribution in [3.8, 4) is 0 Å². The van der Waals surface area contributed by atoms with E-state index in [0.717, 1.165) is 15.8 Å². The molecule has 2 rings (SSSR count). The number of thiazole rings is 1. The van der Waals surface area contributed by atoms with Gasteiger partial charge in [-0.15, -0.1) is 0 Å². The Balaban J connectivity index is 2.61. The maximum Gasteiger partial charge on any atom is 0.181 e. The number of nitrogens with two attached hydrogens (primary N) is 2. The number of nitrogen functional groups attached to an aromatic ring is 1. The Bertz CT molecular complexity index is 460. The molecule has 1 aromatic carbocycles. The van der Waals surface area contributed by atoms with Crippen LogP contribution < -0.4 is 11.6 Å². The van der Waals surface area contributed by atoms with Crippen molar-refractivity contribution in [1.29, 1.82) is 0 Å². The van der Waals surface area contributed by atoms with Crippen molar-refractivity contribution in [1.82, 2.24) is 4.98 Å². The number of hydrogen-bond donors (Lipinski definition) is 2. The molecule has 0 radical (unpaired) electrons. The molecule has 0 atom stereocenters. The smallest absolute Gasteiger partial charge is 0.181 e. The van der Waals surface area contributed by atoms with Gasteiger partial charge in [-0.2, -0.15) is 5.10 Å². The number of hydrazone groups is 1. The molecule has 66 valence electrons. The van der Waals surface area contributed by atoms with Gasteiger partial charge in [-0.1, -0.05) is 17.4 Å². The van der Waals surface area contributed by atoms with Gasteiger partial charge in [0.25, 0.3) is 0 Å². The molecule has 0 amide bonds. The highest BCUT2D eigenvalue weighted by atomic mass is 32.1.